The van der Waals surface area contributed by atoms with Gasteiger partial charge in [-0.15, -0.1) is 0 Å². The van der Waals surface area contributed by atoms with Crippen molar-refractivity contribution in [2.75, 3.05) is 53.4 Å². The first-order valence-electron chi connectivity index (χ1n) is 20.3. The Bertz CT molecular complexity index is 1170. The Morgan fingerprint density at radius 3 is 2.15 bits per heavy atom. The van der Waals surface area contributed by atoms with Crippen LogP contribution in [0.15, 0.2) is 23.8 Å². The Labute approximate surface area is 313 Å². The number of allylic oxidation sites excluding steroid dienone is 3. The van der Waals surface area contributed by atoms with Crippen LogP contribution in [-0.4, -0.2) is 144 Å². The standard InChI is InChI=1S/C41H71N3O8/c1-8-35-32(26-44-20-13-10-14-21-44)23-27(2)15-16-33(45)28(3)24-31(17-22-43-18-11-9-12-19-43)40(29(4)34(46)25-36(47)51-35)52-41-39(49)37(42(6)7)38(48)30(5)50-41/h15-16,23,28-32,34-35,37-41,46,48-49H,8-14,17-22,24-26H2,1-7H3/b16-15+,27-23+/t28-,29+,30-,31+,32-,34-,35-,37-,38+,39-,40-,41+/m1/s1. The van der Waals surface area contributed by atoms with Crippen LogP contribution in [0.1, 0.15) is 98.8 Å². The molecule has 12 atom stereocenters. The lowest BCUT2D eigenvalue weighted by Crippen LogP contribution is -2.63. The maximum absolute atomic E-state index is 13.8. The van der Waals surface area contributed by atoms with Gasteiger partial charge in [0.2, 0.25) is 0 Å². The van der Waals surface area contributed by atoms with Crippen molar-refractivity contribution in [1.29, 1.82) is 0 Å². The molecule has 0 amide bonds. The molecule has 0 radical (unpaired) electrons. The number of rotatable bonds is 9. The maximum Gasteiger partial charge on any atom is 0.308 e. The lowest BCUT2D eigenvalue weighted by Gasteiger charge is -2.47. The van der Waals surface area contributed by atoms with Gasteiger partial charge < -0.3 is 44.2 Å². The highest BCUT2D eigenvalue weighted by molar-refractivity contribution is 5.91. The lowest BCUT2D eigenvalue weighted by molar-refractivity contribution is -0.304. The number of ketones is 1. The van der Waals surface area contributed by atoms with Crippen molar-refractivity contribution in [3.8, 4) is 0 Å². The van der Waals surface area contributed by atoms with Crippen molar-refractivity contribution in [2.24, 2.45) is 23.7 Å². The molecule has 0 bridgehead atoms. The Balaban J connectivity index is 1.68. The number of piperidine rings is 2. The predicted octanol–water partition coefficient (Wildman–Crippen LogP) is 4.18. The number of ether oxygens (including phenoxy) is 3. The SMILES string of the molecule is CC[C@H]1OC(=O)C[C@@H](O)[C@H](C)[C@@H](O[C@@H]2O[C@H](C)[C@H](O)[C@@H](N(C)C)[C@H]2O)[C@@H](CCN2CCCCC2)C[C@@H](C)C(=O)/C=C/C(C)=C/[C@@H]1CN1CCCCC1. The fourth-order valence-corrected chi connectivity index (χ4v) is 8.83. The summed E-state index contributed by atoms with van der Waals surface area (Å²) in [6.07, 6.45) is 8.49. The van der Waals surface area contributed by atoms with Gasteiger partial charge in [-0.2, -0.15) is 0 Å². The van der Waals surface area contributed by atoms with Crippen LogP contribution in [0.25, 0.3) is 0 Å². The summed E-state index contributed by atoms with van der Waals surface area (Å²) in [6, 6.07) is -0.632. The third-order valence-corrected chi connectivity index (χ3v) is 12.1. The first-order chi connectivity index (χ1) is 24.8. The minimum absolute atomic E-state index is 0.0270. The monoisotopic (exact) mass is 734 g/mol. The molecule has 0 spiro atoms. The maximum atomic E-state index is 13.8. The molecule has 3 N–H and O–H groups in total. The number of carbonyl (C=O) groups is 2. The Morgan fingerprint density at radius 1 is 0.904 bits per heavy atom. The van der Waals surface area contributed by atoms with E-state index in [0.717, 1.165) is 70.5 Å². The minimum Gasteiger partial charge on any atom is -0.462 e. The summed E-state index contributed by atoms with van der Waals surface area (Å²) >= 11 is 0. The summed E-state index contributed by atoms with van der Waals surface area (Å²) in [5.41, 5.74) is 0.954. The number of hydrogen-bond donors (Lipinski definition) is 3. The van der Waals surface area contributed by atoms with E-state index in [1.54, 1.807) is 32.0 Å². The van der Waals surface area contributed by atoms with E-state index < -0.39 is 54.7 Å². The van der Waals surface area contributed by atoms with Gasteiger partial charge in [0.25, 0.3) is 0 Å². The van der Waals surface area contributed by atoms with Gasteiger partial charge in [-0.25, -0.2) is 0 Å². The molecule has 4 heterocycles. The molecule has 0 unspecified atom stereocenters. The van der Waals surface area contributed by atoms with Gasteiger partial charge in [0, 0.05) is 24.3 Å². The molecule has 11 heteroatoms. The van der Waals surface area contributed by atoms with E-state index >= 15 is 0 Å². The number of aliphatic hydroxyl groups excluding tert-OH is 3. The average Bonchev–Trinajstić information content (AvgIpc) is 3.12. The summed E-state index contributed by atoms with van der Waals surface area (Å²) < 4.78 is 19.1. The van der Waals surface area contributed by atoms with E-state index in [1.807, 2.05) is 33.8 Å². The van der Waals surface area contributed by atoms with E-state index in [0.29, 0.717) is 19.3 Å². The number of cyclic esters (lactones) is 1. The third-order valence-electron chi connectivity index (χ3n) is 12.1. The van der Waals surface area contributed by atoms with Crippen LogP contribution >= 0.6 is 0 Å². The van der Waals surface area contributed by atoms with Crippen LogP contribution in [0.3, 0.4) is 0 Å². The molecule has 0 aromatic rings. The summed E-state index contributed by atoms with van der Waals surface area (Å²) in [4.78, 5) is 34.1. The highest BCUT2D eigenvalue weighted by Gasteiger charge is 2.47. The Morgan fingerprint density at radius 2 is 1.54 bits per heavy atom. The lowest BCUT2D eigenvalue weighted by atomic mass is 9.79. The Hall–Kier alpha value is -1.70. The van der Waals surface area contributed by atoms with Gasteiger partial charge >= 0.3 is 5.97 Å². The summed E-state index contributed by atoms with van der Waals surface area (Å²) in [6.45, 7) is 15.3. The van der Waals surface area contributed by atoms with Crippen LogP contribution in [-0.2, 0) is 23.8 Å². The van der Waals surface area contributed by atoms with Gasteiger partial charge in [-0.1, -0.05) is 51.3 Å². The zero-order valence-corrected chi connectivity index (χ0v) is 33.2. The molecule has 4 rings (SSSR count). The fourth-order valence-electron chi connectivity index (χ4n) is 8.83. The molecule has 4 aliphatic heterocycles. The molecular formula is C41H71N3O8. The zero-order valence-electron chi connectivity index (χ0n) is 33.2. The van der Waals surface area contributed by atoms with Crippen molar-refractivity contribution >= 4 is 11.8 Å². The number of carbonyl (C=O) groups excluding carboxylic acids is 2. The fraction of sp³-hybridized carbons (Fsp3) is 0.854. The summed E-state index contributed by atoms with van der Waals surface area (Å²) in [7, 11) is 3.60. The van der Waals surface area contributed by atoms with Crippen LogP contribution < -0.4 is 0 Å². The first kappa shape index (κ1) is 43.0. The number of likely N-dealkylation sites (N-methyl/N-ethyl adjacent to an activating group) is 1. The highest BCUT2D eigenvalue weighted by Crippen LogP contribution is 2.35. The number of aliphatic hydroxyl groups is 3. The minimum atomic E-state index is -1.17. The van der Waals surface area contributed by atoms with Crippen LogP contribution in [0.2, 0.25) is 0 Å². The topological polar surface area (TPSA) is 132 Å². The molecule has 52 heavy (non-hydrogen) atoms. The quantitative estimate of drug-likeness (QED) is 0.295. The van der Waals surface area contributed by atoms with Crippen LogP contribution in [0.5, 0.6) is 0 Å². The second-order valence-electron chi connectivity index (χ2n) is 16.6. The molecular weight excluding hydrogens is 662 g/mol. The van der Waals surface area contributed by atoms with Crippen molar-refractivity contribution in [3.63, 3.8) is 0 Å². The molecule has 11 nitrogen and oxygen atoms in total. The van der Waals surface area contributed by atoms with Crippen molar-refractivity contribution < 1.29 is 39.1 Å². The molecule has 3 saturated heterocycles. The largest absolute Gasteiger partial charge is 0.462 e. The number of esters is 1. The second kappa shape index (κ2) is 20.8. The van der Waals surface area contributed by atoms with Gasteiger partial charge in [-0.3, -0.25) is 9.59 Å². The number of likely N-dealkylation sites (tertiary alicyclic amines) is 2. The third kappa shape index (κ3) is 12.2. The van der Waals surface area contributed by atoms with E-state index in [9.17, 15) is 24.9 Å². The molecule has 4 aliphatic rings. The normalized spacial score (nSPS) is 40.2. The van der Waals surface area contributed by atoms with Gasteiger partial charge in [0.1, 0.15) is 12.2 Å². The summed E-state index contributed by atoms with van der Waals surface area (Å²) in [5.74, 6) is -1.58. The molecule has 298 valence electrons. The van der Waals surface area contributed by atoms with E-state index in [1.165, 1.54) is 12.8 Å². The van der Waals surface area contributed by atoms with Crippen molar-refractivity contribution in [3.05, 3.63) is 23.8 Å². The molecule has 0 aliphatic carbocycles. The van der Waals surface area contributed by atoms with E-state index in [-0.39, 0.29) is 36.1 Å². The van der Waals surface area contributed by atoms with E-state index in [4.69, 9.17) is 14.2 Å². The highest BCUT2D eigenvalue weighted by atomic mass is 16.7. The van der Waals surface area contributed by atoms with Crippen molar-refractivity contribution in [1.82, 2.24) is 14.7 Å². The number of nitrogens with zero attached hydrogens (tertiary/aromatic N) is 3. The van der Waals surface area contributed by atoms with Crippen LogP contribution in [0.4, 0.5) is 0 Å². The molecule has 0 saturated carbocycles. The molecule has 0 aromatic heterocycles. The second-order valence-corrected chi connectivity index (χ2v) is 16.6. The van der Waals surface area contributed by atoms with Crippen molar-refractivity contribution in [2.45, 2.75) is 148 Å². The van der Waals surface area contributed by atoms with Crippen LogP contribution in [0, 0.1) is 23.7 Å². The molecule has 3 fully saturated rings. The summed E-state index contributed by atoms with van der Waals surface area (Å²) in [5, 5.41) is 34.2. The first-order valence-corrected chi connectivity index (χ1v) is 20.3. The smallest absolute Gasteiger partial charge is 0.308 e. The van der Waals surface area contributed by atoms with Gasteiger partial charge in [0.15, 0.2) is 12.1 Å². The van der Waals surface area contributed by atoms with Gasteiger partial charge in [0.05, 0.1) is 36.9 Å². The van der Waals surface area contributed by atoms with Gasteiger partial charge in [-0.05, 0) is 118 Å². The zero-order chi connectivity index (χ0) is 37.9. The Kier molecular flexibility index (Phi) is 17.2. The molecule has 0 aromatic carbocycles. The number of hydrogen-bond acceptors (Lipinski definition) is 11. The van der Waals surface area contributed by atoms with E-state index in [2.05, 4.69) is 15.9 Å². The average molecular weight is 734 g/mol. The predicted molar refractivity (Wildman–Crippen MR) is 203 cm³/mol.